The first kappa shape index (κ1) is 56.0. The predicted molar refractivity (Wildman–Crippen MR) is 314 cm³/mol. The fourth-order valence-electron chi connectivity index (χ4n) is 10.4. The summed E-state index contributed by atoms with van der Waals surface area (Å²) in [4.78, 5) is 80.6. The van der Waals surface area contributed by atoms with Gasteiger partial charge in [0.25, 0.3) is 0 Å². The van der Waals surface area contributed by atoms with Crippen molar-refractivity contribution >= 4 is 47.8 Å². The quantitative estimate of drug-likeness (QED) is 0.0284. The van der Waals surface area contributed by atoms with Crippen molar-refractivity contribution < 1.29 is 57.2 Å². The van der Waals surface area contributed by atoms with Gasteiger partial charge in [-0.15, -0.1) is 0 Å². The zero-order valence-corrected chi connectivity index (χ0v) is 45.5. The molecule has 0 aliphatic heterocycles. The summed E-state index contributed by atoms with van der Waals surface area (Å²) in [6.45, 7) is 0.118. The zero-order chi connectivity index (χ0) is 57.7. The van der Waals surface area contributed by atoms with Gasteiger partial charge >= 0.3 is 24.1 Å². The SMILES string of the molecule is COc1cc(/C=C/C(=O)CC(=O)/C=C/c2ccc(OC(=O)[C@H](Cc3ccccc3)NC(=O)OCC3c4ccccc4-c4ccccc43)c(OC)c2)ccc1OC(=O)[C@H](Cc1ccccc1)NC(=O)OCC1c2ccccc2-c2ccccc21. The maximum absolute atomic E-state index is 13.9. The van der Waals surface area contributed by atoms with Crippen LogP contribution in [0.3, 0.4) is 0 Å². The normalized spacial score (nSPS) is 12.9. The first-order valence-electron chi connectivity index (χ1n) is 27.0. The lowest BCUT2D eigenvalue weighted by Crippen LogP contribution is -2.45. The molecule has 8 aromatic carbocycles. The lowest BCUT2D eigenvalue weighted by molar-refractivity contribution is -0.137. The average molecular weight is 1110 g/mol. The highest BCUT2D eigenvalue weighted by molar-refractivity contribution is 6.11. The van der Waals surface area contributed by atoms with Crippen molar-refractivity contribution in [1.29, 1.82) is 0 Å². The van der Waals surface area contributed by atoms with Gasteiger partial charge in [0, 0.05) is 24.7 Å². The number of ketones is 2. The number of ether oxygens (including phenoxy) is 6. The van der Waals surface area contributed by atoms with Gasteiger partial charge in [0.05, 0.1) is 20.6 Å². The molecule has 0 unspecified atom stereocenters. The van der Waals surface area contributed by atoms with Crippen molar-refractivity contribution in [2.24, 2.45) is 0 Å². The highest BCUT2D eigenvalue weighted by atomic mass is 16.6. The second-order valence-electron chi connectivity index (χ2n) is 19.9. The molecule has 0 aromatic heterocycles. The van der Waals surface area contributed by atoms with E-state index in [0.29, 0.717) is 11.1 Å². The Bertz CT molecular complexity index is 3430. The molecule has 8 aromatic rings. The van der Waals surface area contributed by atoms with Crippen LogP contribution in [0.25, 0.3) is 34.4 Å². The number of benzene rings is 8. The van der Waals surface area contributed by atoms with E-state index in [0.717, 1.165) is 55.6 Å². The molecule has 0 saturated carbocycles. The maximum Gasteiger partial charge on any atom is 0.407 e. The first-order valence-corrected chi connectivity index (χ1v) is 27.0. The van der Waals surface area contributed by atoms with Crippen LogP contribution in [-0.4, -0.2) is 75.2 Å². The van der Waals surface area contributed by atoms with Gasteiger partial charge in [-0.1, -0.05) is 182 Å². The summed E-state index contributed by atoms with van der Waals surface area (Å²) in [5, 5.41) is 5.44. The Hall–Kier alpha value is -10.3. The number of amides is 2. The van der Waals surface area contributed by atoms with E-state index < -0.39 is 54.2 Å². The summed E-state index contributed by atoms with van der Waals surface area (Å²) < 4.78 is 34.3. The molecule has 0 radical (unpaired) electrons. The van der Waals surface area contributed by atoms with Gasteiger partial charge in [-0.25, -0.2) is 19.2 Å². The summed E-state index contributed by atoms with van der Waals surface area (Å²) in [5.41, 5.74) is 11.2. The lowest BCUT2D eigenvalue weighted by Gasteiger charge is -2.20. The molecule has 2 amide bonds. The van der Waals surface area contributed by atoms with Crippen molar-refractivity contribution in [1.82, 2.24) is 10.6 Å². The molecule has 0 saturated heterocycles. The molecule has 0 heterocycles. The fraction of sp³-hybridized carbons (Fsp3) is 0.159. The number of alkyl carbamates (subject to hydrolysis) is 2. The Morgan fingerprint density at radius 2 is 0.759 bits per heavy atom. The van der Waals surface area contributed by atoms with E-state index in [4.69, 9.17) is 28.4 Å². The van der Waals surface area contributed by atoms with Crippen LogP contribution in [0.1, 0.15) is 62.8 Å². The van der Waals surface area contributed by atoms with Crippen LogP contribution >= 0.6 is 0 Å². The molecule has 416 valence electrons. The van der Waals surface area contributed by atoms with E-state index in [9.17, 15) is 28.8 Å². The van der Waals surface area contributed by atoms with Crippen LogP contribution in [-0.2, 0) is 41.5 Å². The molecular weight excluding hydrogens is 1050 g/mol. The average Bonchev–Trinajstić information content (AvgIpc) is 4.24. The summed E-state index contributed by atoms with van der Waals surface area (Å²) in [6, 6.07) is 57.6. The van der Waals surface area contributed by atoms with Crippen LogP contribution in [0.2, 0.25) is 0 Å². The zero-order valence-electron chi connectivity index (χ0n) is 45.5. The molecule has 83 heavy (non-hydrogen) atoms. The Morgan fingerprint density at radius 3 is 1.11 bits per heavy atom. The fourth-order valence-corrected chi connectivity index (χ4v) is 10.4. The summed E-state index contributed by atoms with van der Waals surface area (Å²) >= 11 is 0. The topological polar surface area (TPSA) is 182 Å². The Balaban J connectivity index is 0.726. The number of esters is 2. The number of hydrogen-bond acceptors (Lipinski definition) is 12. The number of fused-ring (bicyclic) bond motifs is 6. The van der Waals surface area contributed by atoms with E-state index in [2.05, 4.69) is 10.6 Å². The molecule has 14 heteroatoms. The van der Waals surface area contributed by atoms with Crippen molar-refractivity contribution in [3.05, 3.63) is 251 Å². The van der Waals surface area contributed by atoms with E-state index in [1.807, 2.05) is 158 Å². The minimum absolute atomic E-state index is 0.0591. The number of hydrogen-bond donors (Lipinski definition) is 2. The van der Waals surface area contributed by atoms with Gasteiger partial charge in [-0.05, 0) is 103 Å². The van der Waals surface area contributed by atoms with Crippen LogP contribution in [0.4, 0.5) is 9.59 Å². The van der Waals surface area contributed by atoms with Crippen molar-refractivity contribution in [3.8, 4) is 45.3 Å². The standard InChI is InChI=1S/C69H58N2O12/c1-78-64-39-46(31-35-62(64)82-66(74)60(37-44-17-5-3-6-18-44)70-68(76)80-42-58-54-25-13-9-21-50(54)51-22-10-14-26-55(51)58)29-33-48(72)41-49(73)34-30-47-32-36-63(65(40-47)79-2)83-67(75)61(38-45-19-7-4-8-20-45)71-69(77)81-43-59-56-27-15-11-23-52(56)53-24-12-16-28-57(53)59/h3-36,39-40,58-61H,37-38,41-43H2,1-2H3,(H,70,76)(H,71,77)/b33-29+,34-30+/t60-,61-/m0/s1. The Morgan fingerprint density at radius 1 is 0.422 bits per heavy atom. The van der Waals surface area contributed by atoms with E-state index >= 15 is 0 Å². The molecule has 0 fully saturated rings. The molecule has 2 aliphatic rings. The third kappa shape index (κ3) is 13.6. The molecule has 0 bridgehead atoms. The van der Waals surface area contributed by atoms with Crippen molar-refractivity contribution in [2.45, 2.75) is 43.2 Å². The van der Waals surface area contributed by atoms with Crippen molar-refractivity contribution in [3.63, 3.8) is 0 Å². The van der Waals surface area contributed by atoms with Crippen molar-refractivity contribution in [2.75, 3.05) is 27.4 Å². The molecule has 2 N–H and O–H groups in total. The second-order valence-corrected chi connectivity index (χ2v) is 19.9. The van der Waals surface area contributed by atoms with Gasteiger partial charge in [-0.3, -0.25) is 9.59 Å². The Labute approximate surface area is 480 Å². The van der Waals surface area contributed by atoms with Gasteiger partial charge in [-0.2, -0.15) is 0 Å². The predicted octanol–water partition coefficient (Wildman–Crippen LogP) is 12.1. The number of carbonyl (C=O) groups excluding carboxylic acids is 6. The number of allylic oxidation sites excluding steroid dienone is 2. The van der Waals surface area contributed by atoms with E-state index in [1.54, 1.807) is 24.3 Å². The number of nitrogens with one attached hydrogen (secondary N) is 2. The third-order valence-electron chi connectivity index (χ3n) is 14.5. The summed E-state index contributed by atoms with van der Waals surface area (Å²) in [7, 11) is 2.81. The molecule has 14 nitrogen and oxygen atoms in total. The number of methoxy groups -OCH3 is 2. The van der Waals surface area contributed by atoms with Gasteiger partial charge in [0.15, 0.2) is 34.6 Å². The molecule has 2 aliphatic carbocycles. The minimum Gasteiger partial charge on any atom is -0.493 e. The highest BCUT2D eigenvalue weighted by Gasteiger charge is 2.33. The van der Waals surface area contributed by atoms with Gasteiger partial charge in [0.2, 0.25) is 0 Å². The smallest absolute Gasteiger partial charge is 0.407 e. The number of rotatable bonds is 22. The molecule has 10 rings (SSSR count). The third-order valence-corrected chi connectivity index (χ3v) is 14.5. The lowest BCUT2D eigenvalue weighted by atomic mass is 9.98. The van der Waals surface area contributed by atoms with E-state index in [-0.39, 0.29) is 60.9 Å². The van der Waals surface area contributed by atoms with Crippen LogP contribution in [0.5, 0.6) is 23.0 Å². The van der Waals surface area contributed by atoms with Crippen LogP contribution in [0, 0.1) is 0 Å². The van der Waals surface area contributed by atoms with Crippen LogP contribution < -0.4 is 29.6 Å². The molecule has 2 atom stereocenters. The molecular formula is C69H58N2O12. The van der Waals surface area contributed by atoms with E-state index in [1.165, 1.54) is 50.7 Å². The Kier molecular flexibility index (Phi) is 17.7. The summed E-state index contributed by atoms with van der Waals surface area (Å²) in [6.07, 6.45) is 3.78. The first-order chi connectivity index (χ1) is 40.5. The molecule has 0 spiro atoms. The largest absolute Gasteiger partial charge is 0.493 e. The van der Waals surface area contributed by atoms with Crippen LogP contribution in [0.15, 0.2) is 206 Å². The number of carbonyl (C=O) groups is 6. The second kappa shape index (κ2) is 26.3. The maximum atomic E-state index is 13.9. The summed E-state index contributed by atoms with van der Waals surface area (Å²) in [5.74, 6) is -2.31. The monoisotopic (exact) mass is 1110 g/mol. The van der Waals surface area contributed by atoms with Gasteiger partial charge < -0.3 is 39.1 Å². The van der Waals surface area contributed by atoms with Gasteiger partial charge in [0.1, 0.15) is 25.3 Å². The minimum atomic E-state index is -1.13. The highest BCUT2D eigenvalue weighted by Crippen LogP contribution is 2.46.